The summed E-state index contributed by atoms with van der Waals surface area (Å²) in [5.41, 5.74) is 0. The molecule has 0 aromatic carbocycles. The van der Waals surface area contributed by atoms with Gasteiger partial charge < -0.3 is 9.47 Å². The van der Waals surface area contributed by atoms with E-state index in [2.05, 4.69) is 12.6 Å². The normalized spacial score (nSPS) is 32.8. The van der Waals surface area contributed by atoms with E-state index in [9.17, 15) is 0 Å². The summed E-state index contributed by atoms with van der Waals surface area (Å²) in [4.78, 5) is 0. The van der Waals surface area contributed by atoms with Gasteiger partial charge in [0, 0.05) is 0 Å². The van der Waals surface area contributed by atoms with E-state index in [-0.39, 0.29) is 12.2 Å². The average Bonchev–Trinajstić information content (AvgIpc) is 2.26. The van der Waals surface area contributed by atoms with Crippen LogP contribution in [0.25, 0.3) is 0 Å². The first-order chi connectivity index (χ1) is 5.59. The summed E-state index contributed by atoms with van der Waals surface area (Å²) in [6.45, 7) is 7.29. The number of ether oxygens (including phenoxy) is 2. The Bertz CT molecular complexity index is 217. The van der Waals surface area contributed by atoms with Crippen LogP contribution in [0.15, 0.2) is 12.7 Å². The quantitative estimate of drug-likeness (QED) is 0.587. The minimum absolute atomic E-state index is 0.153. The van der Waals surface area contributed by atoms with Crippen LogP contribution in [0, 0.1) is 11.3 Å². The third-order valence-electron chi connectivity index (χ3n) is 1.75. The van der Waals surface area contributed by atoms with E-state index in [1.807, 2.05) is 13.8 Å². The predicted octanol–water partition coefficient (Wildman–Crippen LogP) is 1.61. The average molecular weight is 167 g/mol. The molecule has 1 heterocycles. The summed E-state index contributed by atoms with van der Waals surface area (Å²) >= 11 is 0. The van der Waals surface area contributed by atoms with Gasteiger partial charge in [-0.25, -0.2) is 0 Å². The third kappa shape index (κ3) is 1.84. The highest BCUT2D eigenvalue weighted by Gasteiger charge is 2.39. The van der Waals surface area contributed by atoms with Gasteiger partial charge in [0.1, 0.15) is 12.2 Å². The van der Waals surface area contributed by atoms with Crippen LogP contribution < -0.4 is 0 Å². The number of hydrogen-bond donors (Lipinski definition) is 0. The summed E-state index contributed by atoms with van der Waals surface area (Å²) in [6.07, 6.45) is 1.71. The standard InChI is InChI=1S/C9H13NO2/c1-4-7-8(5-6-10)12-9(2,3)11-7/h4,7-8H,1,5H2,2-3H3/t7-,8+/m0/s1. The van der Waals surface area contributed by atoms with E-state index in [0.29, 0.717) is 6.42 Å². The lowest BCUT2D eigenvalue weighted by molar-refractivity contribution is -0.142. The maximum Gasteiger partial charge on any atom is 0.164 e. The highest BCUT2D eigenvalue weighted by molar-refractivity contribution is 4.96. The Morgan fingerprint density at radius 2 is 2.25 bits per heavy atom. The molecule has 3 nitrogen and oxygen atoms in total. The highest BCUT2D eigenvalue weighted by Crippen LogP contribution is 2.29. The summed E-state index contributed by atoms with van der Waals surface area (Å²) in [6, 6.07) is 2.06. The molecule has 1 aliphatic heterocycles. The van der Waals surface area contributed by atoms with Crippen LogP contribution in [0.2, 0.25) is 0 Å². The number of nitrogens with zero attached hydrogens (tertiary/aromatic N) is 1. The van der Waals surface area contributed by atoms with Crippen LogP contribution in [0.1, 0.15) is 20.3 Å². The molecule has 0 aliphatic carbocycles. The maximum absolute atomic E-state index is 8.49. The van der Waals surface area contributed by atoms with Crippen LogP contribution in [-0.2, 0) is 9.47 Å². The Balaban J connectivity index is 2.64. The molecular formula is C9H13NO2. The molecule has 12 heavy (non-hydrogen) atoms. The van der Waals surface area contributed by atoms with Crippen molar-refractivity contribution in [2.45, 2.75) is 38.3 Å². The van der Waals surface area contributed by atoms with Crippen molar-refractivity contribution in [2.24, 2.45) is 0 Å². The molecule has 0 unspecified atom stereocenters. The van der Waals surface area contributed by atoms with Gasteiger partial charge in [-0.15, -0.1) is 6.58 Å². The lowest BCUT2D eigenvalue weighted by Gasteiger charge is -2.15. The monoisotopic (exact) mass is 167 g/mol. The Hall–Kier alpha value is -0.850. The molecule has 1 rings (SSSR count). The fourth-order valence-electron chi connectivity index (χ4n) is 1.31. The lowest BCUT2D eigenvalue weighted by Crippen LogP contribution is -2.21. The van der Waals surface area contributed by atoms with Crippen LogP contribution >= 0.6 is 0 Å². The number of nitriles is 1. The Kier molecular flexibility index (Phi) is 2.51. The van der Waals surface area contributed by atoms with Gasteiger partial charge in [-0.1, -0.05) is 6.08 Å². The second-order valence-electron chi connectivity index (χ2n) is 3.24. The summed E-state index contributed by atoms with van der Waals surface area (Å²) < 4.78 is 10.9. The molecule has 0 bridgehead atoms. The Morgan fingerprint density at radius 1 is 1.58 bits per heavy atom. The van der Waals surface area contributed by atoms with Gasteiger partial charge in [0.05, 0.1) is 12.5 Å². The van der Waals surface area contributed by atoms with Crippen LogP contribution in [0.5, 0.6) is 0 Å². The van der Waals surface area contributed by atoms with E-state index >= 15 is 0 Å². The zero-order valence-electron chi connectivity index (χ0n) is 7.41. The Labute approximate surface area is 72.6 Å². The second kappa shape index (κ2) is 3.26. The molecule has 3 heteroatoms. The molecule has 0 amide bonds. The van der Waals surface area contributed by atoms with E-state index in [1.165, 1.54) is 0 Å². The van der Waals surface area contributed by atoms with E-state index in [4.69, 9.17) is 14.7 Å². The molecule has 1 aliphatic rings. The maximum atomic E-state index is 8.49. The molecular weight excluding hydrogens is 154 g/mol. The van der Waals surface area contributed by atoms with Crippen molar-refractivity contribution < 1.29 is 9.47 Å². The van der Waals surface area contributed by atoms with Gasteiger partial charge in [-0.05, 0) is 13.8 Å². The number of hydrogen-bond acceptors (Lipinski definition) is 3. The zero-order chi connectivity index (χ0) is 9.19. The summed E-state index contributed by atoms with van der Waals surface area (Å²) in [5.74, 6) is -0.583. The number of rotatable bonds is 2. The second-order valence-corrected chi connectivity index (χ2v) is 3.24. The fourth-order valence-corrected chi connectivity index (χ4v) is 1.31. The van der Waals surface area contributed by atoms with E-state index in [0.717, 1.165) is 0 Å². The van der Waals surface area contributed by atoms with Gasteiger partial charge >= 0.3 is 0 Å². The first-order valence-electron chi connectivity index (χ1n) is 3.94. The first-order valence-corrected chi connectivity index (χ1v) is 3.94. The molecule has 0 N–H and O–H groups in total. The van der Waals surface area contributed by atoms with Crippen LogP contribution in [-0.4, -0.2) is 18.0 Å². The molecule has 0 spiro atoms. The molecule has 0 aromatic rings. The first kappa shape index (κ1) is 9.24. The zero-order valence-corrected chi connectivity index (χ0v) is 7.41. The minimum Gasteiger partial charge on any atom is -0.343 e. The molecule has 0 saturated carbocycles. The van der Waals surface area contributed by atoms with Gasteiger partial charge in [0.2, 0.25) is 0 Å². The van der Waals surface area contributed by atoms with Gasteiger partial charge in [0.25, 0.3) is 0 Å². The van der Waals surface area contributed by atoms with Crippen molar-refractivity contribution in [3.63, 3.8) is 0 Å². The van der Waals surface area contributed by atoms with Crippen molar-refractivity contribution in [2.75, 3.05) is 0 Å². The molecule has 1 fully saturated rings. The van der Waals surface area contributed by atoms with Crippen LogP contribution in [0.4, 0.5) is 0 Å². The molecule has 66 valence electrons. The SMILES string of the molecule is C=C[C@@H]1OC(C)(C)O[C@@H]1CC#N. The third-order valence-corrected chi connectivity index (χ3v) is 1.75. The highest BCUT2D eigenvalue weighted by atomic mass is 16.7. The minimum atomic E-state index is -0.583. The molecule has 0 aromatic heterocycles. The molecule has 2 atom stereocenters. The van der Waals surface area contributed by atoms with Gasteiger partial charge in [0.15, 0.2) is 5.79 Å². The summed E-state index contributed by atoms with van der Waals surface area (Å²) in [5, 5.41) is 8.49. The van der Waals surface area contributed by atoms with Crippen molar-refractivity contribution in [1.29, 1.82) is 5.26 Å². The van der Waals surface area contributed by atoms with E-state index in [1.54, 1.807) is 6.08 Å². The largest absolute Gasteiger partial charge is 0.343 e. The van der Waals surface area contributed by atoms with E-state index < -0.39 is 5.79 Å². The summed E-state index contributed by atoms with van der Waals surface area (Å²) in [7, 11) is 0. The van der Waals surface area contributed by atoms with Crippen molar-refractivity contribution in [3.8, 4) is 6.07 Å². The fraction of sp³-hybridized carbons (Fsp3) is 0.667. The molecule has 1 saturated heterocycles. The Morgan fingerprint density at radius 3 is 2.75 bits per heavy atom. The van der Waals surface area contributed by atoms with Crippen LogP contribution in [0.3, 0.4) is 0 Å². The van der Waals surface area contributed by atoms with Gasteiger partial charge in [-0.2, -0.15) is 5.26 Å². The predicted molar refractivity (Wildman–Crippen MR) is 44.3 cm³/mol. The van der Waals surface area contributed by atoms with Crippen molar-refractivity contribution >= 4 is 0 Å². The lowest BCUT2D eigenvalue weighted by atomic mass is 10.1. The molecule has 0 radical (unpaired) electrons. The van der Waals surface area contributed by atoms with Crippen molar-refractivity contribution in [3.05, 3.63) is 12.7 Å². The smallest absolute Gasteiger partial charge is 0.164 e. The topological polar surface area (TPSA) is 42.2 Å². The van der Waals surface area contributed by atoms with Gasteiger partial charge in [-0.3, -0.25) is 0 Å². The van der Waals surface area contributed by atoms with Crippen molar-refractivity contribution in [1.82, 2.24) is 0 Å².